The van der Waals surface area contributed by atoms with Gasteiger partial charge in [0.1, 0.15) is 0 Å². The third-order valence-corrected chi connectivity index (χ3v) is 3.74. The van der Waals surface area contributed by atoms with Gasteiger partial charge in [-0.15, -0.1) is 0 Å². The summed E-state index contributed by atoms with van der Waals surface area (Å²) in [5.41, 5.74) is 3.60. The Morgan fingerprint density at radius 3 is 2.26 bits per heavy atom. The first-order chi connectivity index (χ1) is 9.26. The molecule has 3 aromatic rings. The van der Waals surface area contributed by atoms with Crippen molar-refractivity contribution in [3.63, 3.8) is 0 Å². The Labute approximate surface area is 113 Å². The highest BCUT2D eigenvalue weighted by Gasteiger charge is 2.08. The van der Waals surface area contributed by atoms with Crippen molar-refractivity contribution in [1.29, 1.82) is 0 Å². The van der Waals surface area contributed by atoms with Crippen LogP contribution in [-0.2, 0) is 0 Å². The van der Waals surface area contributed by atoms with E-state index >= 15 is 0 Å². The van der Waals surface area contributed by atoms with Gasteiger partial charge in [0, 0.05) is 0 Å². The van der Waals surface area contributed by atoms with Gasteiger partial charge >= 0.3 is 0 Å². The molecule has 0 fully saturated rings. The molecule has 0 heterocycles. The first kappa shape index (κ1) is 11.7. The van der Waals surface area contributed by atoms with Crippen LogP contribution in [0.4, 0.5) is 0 Å². The zero-order valence-electron chi connectivity index (χ0n) is 11.1. The smallest absolute Gasteiger partial charge is 0.00963 e. The van der Waals surface area contributed by atoms with Crippen LogP contribution >= 0.6 is 0 Å². The van der Waals surface area contributed by atoms with E-state index in [2.05, 4.69) is 62.5 Å². The van der Waals surface area contributed by atoms with Gasteiger partial charge in [-0.1, -0.05) is 67.8 Å². The van der Waals surface area contributed by atoms with E-state index in [0.717, 1.165) is 0 Å². The summed E-state index contributed by atoms with van der Waals surface area (Å²) in [6.45, 7) is 10.0. The van der Waals surface area contributed by atoms with E-state index in [1.54, 1.807) is 0 Å². The Kier molecular flexibility index (Phi) is 2.72. The molecule has 0 saturated heterocycles. The maximum absolute atomic E-state index is 3.96. The minimum absolute atomic E-state index is 1.18. The molecule has 19 heavy (non-hydrogen) atoms. The molecule has 0 saturated carbocycles. The van der Waals surface area contributed by atoms with Crippen molar-refractivity contribution < 1.29 is 0 Å². The Balaban J connectivity index is 2.59. The van der Waals surface area contributed by atoms with Crippen LogP contribution in [0.5, 0.6) is 0 Å². The molecule has 0 N–H and O–H groups in total. The Bertz CT molecular complexity index is 807. The first-order valence-electron chi connectivity index (χ1n) is 6.46. The third kappa shape index (κ3) is 1.68. The molecule has 3 aromatic carbocycles. The van der Waals surface area contributed by atoms with E-state index in [9.17, 15) is 0 Å². The number of benzene rings is 3. The molecular formula is C19H16. The van der Waals surface area contributed by atoms with E-state index in [4.69, 9.17) is 0 Å². The highest BCUT2D eigenvalue weighted by Crippen LogP contribution is 2.32. The molecular weight excluding hydrogens is 228 g/mol. The van der Waals surface area contributed by atoms with Crippen molar-refractivity contribution in [2.24, 2.45) is 0 Å². The van der Waals surface area contributed by atoms with Crippen molar-refractivity contribution in [3.05, 3.63) is 72.3 Å². The minimum atomic E-state index is 1.18. The average Bonchev–Trinajstić information content (AvgIpc) is 2.45. The van der Waals surface area contributed by atoms with Crippen LogP contribution in [0.1, 0.15) is 16.7 Å². The van der Waals surface area contributed by atoms with Gasteiger partial charge in [-0.05, 0) is 45.2 Å². The first-order valence-corrected chi connectivity index (χ1v) is 6.46. The fraction of sp³-hybridized carbons (Fsp3) is 0.0526. The molecule has 0 heteroatoms. The Hall–Kier alpha value is -2.34. The van der Waals surface area contributed by atoms with Gasteiger partial charge in [-0.2, -0.15) is 0 Å². The molecule has 0 atom stereocenters. The summed E-state index contributed by atoms with van der Waals surface area (Å²) in [5, 5.41) is 5.10. The molecule has 0 amide bonds. The second-order valence-corrected chi connectivity index (χ2v) is 4.81. The lowest BCUT2D eigenvalue weighted by Gasteiger charge is -2.12. The maximum atomic E-state index is 3.96. The molecule has 0 bridgehead atoms. The van der Waals surface area contributed by atoms with Crippen LogP contribution < -0.4 is 0 Å². The predicted octanol–water partition coefficient (Wildman–Crippen LogP) is 5.59. The van der Waals surface area contributed by atoms with E-state index in [0.29, 0.717) is 0 Å². The van der Waals surface area contributed by atoms with Crippen molar-refractivity contribution in [2.45, 2.75) is 6.92 Å². The van der Waals surface area contributed by atoms with Crippen molar-refractivity contribution in [2.75, 3.05) is 0 Å². The van der Waals surface area contributed by atoms with Crippen LogP contribution in [0.15, 0.2) is 55.6 Å². The van der Waals surface area contributed by atoms with Crippen molar-refractivity contribution in [1.82, 2.24) is 0 Å². The van der Waals surface area contributed by atoms with Gasteiger partial charge in [0.05, 0.1) is 0 Å². The quantitative estimate of drug-likeness (QED) is 0.516. The molecule has 0 aromatic heterocycles. The highest BCUT2D eigenvalue weighted by atomic mass is 14.1. The second kappa shape index (κ2) is 4.40. The maximum Gasteiger partial charge on any atom is -0.00963 e. The largest absolute Gasteiger partial charge is 0.0984 e. The average molecular weight is 244 g/mol. The van der Waals surface area contributed by atoms with Crippen LogP contribution in [-0.4, -0.2) is 0 Å². The number of hydrogen-bond acceptors (Lipinski definition) is 0. The van der Waals surface area contributed by atoms with E-state index in [1.807, 2.05) is 12.2 Å². The topological polar surface area (TPSA) is 0 Å². The monoisotopic (exact) mass is 244 g/mol. The van der Waals surface area contributed by atoms with Gasteiger partial charge in [0.25, 0.3) is 0 Å². The van der Waals surface area contributed by atoms with Gasteiger partial charge in [-0.25, -0.2) is 0 Å². The molecule has 0 unspecified atom stereocenters. The summed E-state index contributed by atoms with van der Waals surface area (Å²) >= 11 is 0. The summed E-state index contributed by atoms with van der Waals surface area (Å²) in [6, 6.07) is 15.1. The van der Waals surface area contributed by atoms with Gasteiger partial charge in [0.2, 0.25) is 0 Å². The van der Waals surface area contributed by atoms with E-state index in [1.165, 1.54) is 38.2 Å². The molecule has 3 rings (SSSR count). The zero-order valence-corrected chi connectivity index (χ0v) is 11.1. The summed E-state index contributed by atoms with van der Waals surface area (Å²) < 4.78 is 0. The van der Waals surface area contributed by atoms with Crippen molar-refractivity contribution in [3.8, 4) is 0 Å². The number of aryl methyl sites for hydroxylation is 1. The fourth-order valence-electron chi connectivity index (χ4n) is 2.83. The standard InChI is InChI=1S/C19H16/c1-4-15-13(3)12-19-17-9-7-6-8-14(17)10-11-18(19)16(15)5-2/h4-12H,1-2H2,3H3. The van der Waals surface area contributed by atoms with Gasteiger partial charge in [0.15, 0.2) is 0 Å². The second-order valence-electron chi connectivity index (χ2n) is 4.81. The summed E-state index contributed by atoms with van der Waals surface area (Å²) in [5.74, 6) is 0. The molecule has 0 aliphatic carbocycles. The molecule has 0 radical (unpaired) electrons. The number of rotatable bonds is 2. The zero-order chi connectivity index (χ0) is 13.4. The lowest BCUT2D eigenvalue weighted by molar-refractivity contribution is 1.47. The minimum Gasteiger partial charge on any atom is -0.0984 e. The third-order valence-electron chi connectivity index (χ3n) is 3.74. The molecule has 0 spiro atoms. The van der Waals surface area contributed by atoms with E-state index < -0.39 is 0 Å². The molecule has 0 nitrogen and oxygen atoms in total. The molecule has 92 valence electrons. The van der Waals surface area contributed by atoms with Gasteiger partial charge in [-0.3, -0.25) is 0 Å². The fourth-order valence-corrected chi connectivity index (χ4v) is 2.83. The molecule has 0 aliphatic heterocycles. The predicted molar refractivity (Wildman–Crippen MR) is 86.4 cm³/mol. The lowest BCUT2D eigenvalue weighted by atomic mass is 9.92. The summed E-state index contributed by atoms with van der Waals surface area (Å²) in [7, 11) is 0. The van der Waals surface area contributed by atoms with Crippen molar-refractivity contribution >= 4 is 33.7 Å². The normalized spacial score (nSPS) is 10.8. The van der Waals surface area contributed by atoms with Crippen LogP contribution in [0, 0.1) is 6.92 Å². The van der Waals surface area contributed by atoms with Crippen LogP contribution in [0.25, 0.3) is 33.7 Å². The number of fused-ring (bicyclic) bond motifs is 3. The summed E-state index contributed by atoms with van der Waals surface area (Å²) in [6.07, 6.45) is 3.85. The Morgan fingerprint density at radius 2 is 1.53 bits per heavy atom. The van der Waals surface area contributed by atoms with E-state index in [-0.39, 0.29) is 0 Å². The highest BCUT2D eigenvalue weighted by molar-refractivity contribution is 6.11. The summed E-state index contributed by atoms with van der Waals surface area (Å²) in [4.78, 5) is 0. The number of hydrogen-bond donors (Lipinski definition) is 0. The lowest BCUT2D eigenvalue weighted by Crippen LogP contribution is -1.90. The molecule has 0 aliphatic rings. The van der Waals surface area contributed by atoms with Crippen LogP contribution in [0.2, 0.25) is 0 Å². The SMILES string of the molecule is C=Cc1c(C)cc2c(ccc3ccccc32)c1C=C. The Morgan fingerprint density at radius 1 is 0.789 bits per heavy atom. The van der Waals surface area contributed by atoms with Crippen LogP contribution in [0.3, 0.4) is 0 Å². The van der Waals surface area contributed by atoms with Gasteiger partial charge < -0.3 is 0 Å².